The smallest absolute Gasteiger partial charge is 0.250 e. The van der Waals surface area contributed by atoms with E-state index in [0.29, 0.717) is 5.02 Å². The molecule has 5 aromatic rings. The summed E-state index contributed by atoms with van der Waals surface area (Å²) < 4.78 is 3.75. The molecule has 34 heavy (non-hydrogen) atoms. The molecule has 3 aromatic carbocycles. The number of rotatable bonds is 7. The van der Waals surface area contributed by atoms with E-state index in [-0.39, 0.29) is 11.7 Å². The van der Waals surface area contributed by atoms with Gasteiger partial charge >= 0.3 is 0 Å². The van der Waals surface area contributed by atoms with E-state index in [9.17, 15) is 4.79 Å². The van der Waals surface area contributed by atoms with Gasteiger partial charge in [0.15, 0.2) is 4.34 Å². The van der Waals surface area contributed by atoms with Crippen molar-refractivity contribution < 1.29 is 4.79 Å². The van der Waals surface area contributed by atoms with Crippen LogP contribution < -0.4 is 5.43 Å². The molecule has 6 nitrogen and oxygen atoms in total. The van der Waals surface area contributed by atoms with Gasteiger partial charge in [-0.05, 0) is 36.4 Å². The minimum atomic E-state index is -0.205. The summed E-state index contributed by atoms with van der Waals surface area (Å²) in [6.07, 6.45) is 3.49. The van der Waals surface area contributed by atoms with Crippen molar-refractivity contribution in [2.75, 3.05) is 5.75 Å². The van der Waals surface area contributed by atoms with Gasteiger partial charge in [-0.2, -0.15) is 10.2 Å². The van der Waals surface area contributed by atoms with Gasteiger partial charge in [-0.3, -0.25) is 4.79 Å². The Balaban J connectivity index is 1.30. The van der Waals surface area contributed by atoms with Gasteiger partial charge in [0.2, 0.25) is 0 Å². The molecular weight excluding hydrogens is 486 g/mol. The zero-order valence-corrected chi connectivity index (χ0v) is 20.1. The molecule has 0 saturated heterocycles. The third-order valence-electron chi connectivity index (χ3n) is 4.87. The number of para-hydroxylation sites is 2. The molecule has 1 amide bonds. The number of hydrazone groups is 1. The highest BCUT2D eigenvalue weighted by Crippen LogP contribution is 2.29. The molecule has 0 fully saturated rings. The van der Waals surface area contributed by atoms with E-state index in [2.05, 4.69) is 15.5 Å². The number of aromatic nitrogens is 3. The molecule has 168 valence electrons. The second-order valence-corrected chi connectivity index (χ2v) is 9.94. The number of thioether (sulfide) groups is 1. The Morgan fingerprint density at radius 3 is 2.62 bits per heavy atom. The molecule has 0 atom stereocenters. The van der Waals surface area contributed by atoms with Gasteiger partial charge in [0.05, 0.1) is 27.9 Å². The number of halogens is 1. The van der Waals surface area contributed by atoms with Crippen molar-refractivity contribution >= 4 is 57.0 Å². The van der Waals surface area contributed by atoms with Gasteiger partial charge in [-0.1, -0.05) is 65.8 Å². The SMILES string of the molecule is O=C(CSc1nc2ccccc2s1)N/N=C/c1cn(-c2ccccc2)nc1-c1ccc(Cl)cc1. The van der Waals surface area contributed by atoms with Crippen LogP contribution in [0.1, 0.15) is 5.56 Å². The predicted octanol–water partition coefficient (Wildman–Crippen LogP) is 6.04. The number of nitrogens with one attached hydrogen (secondary N) is 1. The van der Waals surface area contributed by atoms with Gasteiger partial charge in [-0.15, -0.1) is 11.3 Å². The number of carbonyl (C=O) groups is 1. The Morgan fingerprint density at radius 1 is 1.06 bits per heavy atom. The Labute approximate surface area is 209 Å². The molecular formula is C25H18ClN5OS2. The Hall–Kier alpha value is -3.46. The molecule has 9 heteroatoms. The summed E-state index contributed by atoms with van der Waals surface area (Å²) in [5, 5.41) is 9.56. The van der Waals surface area contributed by atoms with E-state index in [4.69, 9.17) is 16.7 Å². The average Bonchev–Trinajstić information content (AvgIpc) is 3.48. The maximum Gasteiger partial charge on any atom is 0.250 e. The first-order valence-corrected chi connectivity index (χ1v) is 12.5. The summed E-state index contributed by atoms with van der Waals surface area (Å²) in [6, 6.07) is 25.2. The van der Waals surface area contributed by atoms with Crippen LogP contribution >= 0.6 is 34.7 Å². The van der Waals surface area contributed by atoms with Crippen molar-refractivity contribution in [2.45, 2.75) is 4.34 Å². The number of hydrogen-bond acceptors (Lipinski definition) is 6. The second-order valence-electron chi connectivity index (χ2n) is 7.25. The molecule has 0 spiro atoms. The van der Waals surface area contributed by atoms with E-state index in [0.717, 1.165) is 37.1 Å². The van der Waals surface area contributed by atoms with Gasteiger partial charge in [0.1, 0.15) is 5.69 Å². The van der Waals surface area contributed by atoms with Crippen LogP contribution in [0.25, 0.3) is 27.2 Å². The fraction of sp³-hybridized carbons (Fsp3) is 0.0400. The topological polar surface area (TPSA) is 72.2 Å². The third-order valence-corrected chi connectivity index (χ3v) is 7.31. The summed E-state index contributed by atoms with van der Waals surface area (Å²) in [5.74, 6) is 0.0220. The lowest BCUT2D eigenvalue weighted by Gasteiger charge is -2.01. The summed E-state index contributed by atoms with van der Waals surface area (Å²) in [7, 11) is 0. The molecule has 2 heterocycles. The highest BCUT2D eigenvalue weighted by Gasteiger charge is 2.12. The molecule has 2 aromatic heterocycles. The van der Waals surface area contributed by atoms with Crippen LogP contribution in [0.3, 0.4) is 0 Å². The Kier molecular flexibility index (Phi) is 6.71. The van der Waals surface area contributed by atoms with Gasteiger partial charge in [-0.25, -0.2) is 15.1 Å². The fourth-order valence-corrected chi connectivity index (χ4v) is 5.26. The second kappa shape index (κ2) is 10.2. The van der Waals surface area contributed by atoms with Crippen LogP contribution in [0.15, 0.2) is 94.5 Å². The van der Waals surface area contributed by atoms with Gasteiger partial charge in [0, 0.05) is 22.3 Å². The van der Waals surface area contributed by atoms with E-state index >= 15 is 0 Å². The maximum atomic E-state index is 12.3. The van der Waals surface area contributed by atoms with Crippen LogP contribution in [0, 0.1) is 0 Å². The first-order valence-electron chi connectivity index (χ1n) is 10.4. The highest BCUT2D eigenvalue weighted by molar-refractivity contribution is 8.01. The lowest BCUT2D eigenvalue weighted by Crippen LogP contribution is -2.19. The van der Waals surface area contributed by atoms with E-state index in [1.807, 2.05) is 85.1 Å². The molecule has 0 aliphatic rings. The summed E-state index contributed by atoms with van der Waals surface area (Å²) >= 11 is 9.02. The molecule has 5 rings (SSSR count). The summed E-state index contributed by atoms with van der Waals surface area (Å²) in [4.78, 5) is 16.9. The van der Waals surface area contributed by atoms with E-state index < -0.39 is 0 Å². The third kappa shape index (κ3) is 5.20. The minimum Gasteiger partial charge on any atom is -0.272 e. The first-order chi connectivity index (χ1) is 16.7. The Morgan fingerprint density at radius 2 is 1.82 bits per heavy atom. The van der Waals surface area contributed by atoms with Crippen LogP contribution in [0.5, 0.6) is 0 Å². The predicted molar refractivity (Wildman–Crippen MR) is 140 cm³/mol. The van der Waals surface area contributed by atoms with Crippen LogP contribution in [0.2, 0.25) is 5.02 Å². The highest BCUT2D eigenvalue weighted by atomic mass is 35.5. The van der Waals surface area contributed by atoms with Crippen LogP contribution in [-0.4, -0.2) is 32.6 Å². The zero-order chi connectivity index (χ0) is 23.3. The van der Waals surface area contributed by atoms with Crippen LogP contribution in [-0.2, 0) is 4.79 Å². The largest absolute Gasteiger partial charge is 0.272 e. The standard InChI is InChI=1S/C25H18ClN5OS2/c26-19-12-10-17(11-13-19)24-18(15-31(30-24)20-6-2-1-3-7-20)14-27-29-23(32)16-33-25-28-21-8-4-5-9-22(21)34-25/h1-15H,16H2,(H,29,32)/b27-14+. The number of benzene rings is 3. The lowest BCUT2D eigenvalue weighted by atomic mass is 10.1. The molecule has 0 radical (unpaired) electrons. The zero-order valence-electron chi connectivity index (χ0n) is 17.8. The molecule has 0 unspecified atom stereocenters. The van der Waals surface area contributed by atoms with Crippen molar-refractivity contribution in [3.63, 3.8) is 0 Å². The quantitative estimate of drug-likeness (QED) is 0.167. The van der Waals surface area contributed by atoms with Crippen molar-refractivity contribution in [1.82, 2.24) is 20.2 Å². The normalized spacial score (nSPS) is 11.3. The monoisotopic (exact) mass is 503 g/mol. The number of nitrogens with zero attached hydrogens (tertiary/aromatic N) is 4. The van der Waals surface area contributed by atoms with Crippen molar-refractivity contribution in [3.05, 3.63) is 95.6 Å². The maximum absolute atomic E-state index is 12.3. The van der Waals surface area contributed by atoms with Gasteiger partial charge < -0.3 is 0 Å². The molecule has 0 saturated carbocycles. The van der Waals surface area contributed by atoms with E-state index in [1.54, 1.807) is 22.2 Å². The minimum absolute atomic E-state index is 0.205. The van der Waals surface area contributed by atoms with E-state index in [1.165, 1.54) is 11.8 Å². The molecule has 1 N–H and O–H groups in total. The Bertz CT molecular complexity index is 1430. The van der Waals surface area contributed by atoms with Crippen molar-refractivity contribution in [3.8, 4) is 16.9 Å². The molecule has 0 aliphatic carbocycles. The van der Waals surface area contributed by atoms with Gasteiger partial charge in [0.25, 0.3) is 5.91 Å². The number of carbonyl (C=O) groups excluding carboxylic acids is 1. The number of fused-ring (bicyclic) bond motifs is 1. The van der Waals surface area contributed by atoms with Crippen LogP contribution in [0.4, 0.5) is 0 Å². The van der Waals surface area contributed by atoms with Crippen molar-refractivity contribution in [2.24, 2.45) is 5.10 Å². The average molecular weight is 504 g/mol. The fourth-order valence-electron chi connectivity index (χ4n) is 3.27. The first kappa shape index (κ1) is 22.3. The number of thiazole rings is 1. The number of hydrogen-bond donors (Lipinski definition) is 1. The molecule has 0 aliphatic heterocycles. The summed E-state index contributed by atoms with van der Waals surface area (Å²) in [6.45, 7) is 0. The molecule has 0 bridgehead atoms. The summed E-state index contributed by atoms with van der Waals surface area (Å²) in [5.41, 5.74) is 6.88. The van der Waals surface area contributed by atoms with Crippen molar-refractivity contribution in [1.29, 1.82) is 0 Å². The number of amides is 1. The lowest BCUT2D eigenvalue weighted by molar-refractivity contribution is -0.118.